The molecule has 3 aliphatic rings. The maximum absolute atomic E-state index is 13.7. The molecule has 1 aromatic carbocycles. The number of Topliss-reactive ketones (excluding diaryl/α,β-unsaturated/α-hetero) is 1. The zero-order valence-corrected chi connectivity index (χ0v) is 19.4. The predicted molar refractivity (Wildman–Crippen MR) is 122 cm³/mol. The minimum Gasteiger partial charge on any atom is -0.337 e. The number of ketones is 1. The van der Waals surface area contributed by atoms with E-state index in [0.717, 1.165) is 12.5 Å². The number of hydrogen-bond acceptors (Lipinski definition) is 7. The number of nitrogens with zero attached hydrogens (tertiary/aromatic N) is 4. The number of carbonyl (C=O) groups is 3. The Hall–Kier alpha value is -3.91. The third-order valence-electron chi connectivity index (χ3n) is 7.09. The number of halogens is 1. The number of fused-ring (bicyclic) bond motifs is 3. The van der Waals surface area contributed by atoms with Crippen LogP contribution in [0.5, 0.6) is 0 Å². The lowest BCUT2D eigenvalue weighted by Crippen LogP contribution is -2.39. The lowest BCUT2D eigenvalue weighted by atomic mass is 10.0. The van der Waals surface area contributed by atoms with E-state index in [0.29, 0.717) is 47.1 Å². The maximum Gasteiger partial charge on any atom is 0.293 e. The molecule has 3 heterocycles. The smallest absolute Gasteiger partial charge is 0.293 e. The topological polar surface area (TPSA) is 130 Å². The monoisotopic (exact) mass is 490 g/mol. The van der Waals surface area contributed by atoms with Gasteiger partial charge in [0.1, 0.15) is 28.1 Å². The highest BCUT2D eigenvalue weighted by Crippen LogP contribution is 2.54. The molecule has 2 N–H and O–H groups in total. The summed E-state index contributed by atoms with van der Waals surface area (Å²) in [4.78, 5) is 39.7. The van der Waals surface area contributed by atoms with Crippen molar-refractivity contribution in [3.8, 4) is 6.07 Å². The van der Waals surface area contributed by atoms with Crippen molar-refractivity contribution < 1.29 is 18.8 Å². The Kier molecular flexibility index (Phi) is 4.66. The second kappa shape index (κ2) is 7.55. The summed E-state index contributed by atoms with van der Waals surface area (Å²) >= 11 is 1.33. The Morgan fingerprint density at radius 3 is 2.80 bits per heavy atom. The SMILES string of the molecule is Cc1c(C(=O)C(=O)NC2(c3nncs3)CC2)c2n(c1C(=O)Nc1ccc(F)c(C#N)c1)C1CC1C2. The Bertz CT molecular complexity index is 1470. The van der Waals surface area contributed by atoms with Crippen molar-refractivity contribution in [2.45, 2.75) is 44.2 Å². The van der Waals surface area contributed by atoms with Crippen LogP contribution < -0.4 is 10.6 Å². The zero-order valence-electron chi connectivity index (χ0n) is 18.6. The van der Waals surface area contributed by atoms with Gasteiger partial charge in [0.2, 0.25) is 0 Å². The summed E-state index contributed by atoms with van der Waals surface area (Å²) < 4.78 is 15.6. The molecule has 2 aliphatic carbocycles. The fourth-order valence-corrected chi connectivity index (χ4v) is 5.87. The molecule has 2 saturated carbocycles. The van der Waals surface area contributed by atoms with E-state index < -0.39 is 29.0 Å². The van der Waals surface area contributed by atoms with E-state index in [-0.39, 0.29) is 22.9 Å². The van der Waals surface area contributed by atoms with Gasteiger partial charge in [0, 0.05) is 17.4 Å². The minimum absolute atomic E-state index is 0.119. The second-order valence-corrected chi connectivity index (χ2v) is 10.1. The highest BCUT2D eigenvalue weighted by atomic mass is 32.1. The molecular weight excluding hydrogens is 471 g/mol. The van der Waals surface area contributed by atoms with Crippen LogP contribution in [0.2, 0.25) is 0 Å². The molecule has 0 radical (unpaired) electrons. The number of aromatic nitrogens is 3. The maximum atomic E-state index is 13.7. The van der Waals surface area contributed by atoms with Crippen LogP contribution in [0.15, 0.2) is 23.7 Å². The number of benzene rings is 1. The highest BCUT2D eigenvalue weighted by molar-refractivity contribution is 7.09. The molecule has 2 fully saturated rings. The second-order valence-electron chi connectivity index (χ2n) is 9.30. The van der Waals surface area contributed by atoms with Crippen molar-refractivity contribution in [3.05, 3.63) is 62.6 Å². The first-order chi connectivity index (χ1) is 16.8. The van der Waals surface area contributed by atoms with Crippen LogP contribution in [0.3, 0.4) is 0 Å². The molecular formula is C24H19FN6O3S. The van der Waals surface area contributed by atoms with Crippen molar-refractivity contribution in [2.24, 2.45) is 5.92 Å². The summed E-state index contributed by atoms with van der Waals surface area (Å²) in [5.41, 5.74) is 2.75. The van der Waals surface area contributed by atoms with E-state index in [1.165, 1.54) is 23.5 Å². The molecule has 6 rings (SSSR count). The molecule has 0 bridgehead atoms. The third-order valence-corrected chi connectivity index (χ3v) is 7.98. The molecule has 176 valence electrons. The van der Waals surface area contributed by atoms with Crippen molar-refractivity contribution in [1.82, 2.24) is 20.1 Å². The van der Waals surface area contributed by atoms with Crippen LogP contribution in [0.1, 0.15) is 68.0 Å². The number of rotatable bonds is 6. The molecule has 2 amide bonds. The standard InChI is InChI=1S/C24H19FN6O3S/c1-11-18(20(32)22(34)29-24(4-5-24)23-30-27-10-35-23)17-8-12-7-16(12)31(17)19(11)21(33)28-14-2-3-15(25)13(6-14)9-26/h2-3,6,10,12,16H,4-5,7-8H2,1H3,(H,28,33)(H,29,34). The molecule has 2 unspecified atom stereocenters. The van der Waals surface area contributed by atoms with Gasteiger partial charge in [0.15, 0.2) is 0 Å². The van der Waals surface area contributed by atoms with Crippen LogP contribution in [-0.4, -0.2) is 32.4 Å². The van der Waals surface area contributed by atoms with Gasteiger partial charge in [-0.3, -0.25) is 14.4 Å². The largest absolute Gasteiger partial charge is 0.337 e. The van der Waals surface area contributed by atoms with Crippen LogP contribution in [0, 0.1) is 30.0 Å². The molecule has 1 aliphatic heterocycles. The molecule has 35 heavy (non-hydrogen) atoms. The summed E-state index contributed by atoms with van der Waals surface area (Å²) in [5, 5.41) is 23.2. The van der Waals surface area contributed by atoms with Gasteiger partial charge in [-0.2, -0.15) is 5.26 Å². The number of amides is 2. The quantitative estimate of drug-likeness (QED) is 0.404. The van der Waals surface area contributed by atoms with Gasteiger partial charge < -0.3 is 15.2 Å². The fraction of sp³-hybridized carbons (Fsp3) is 0.333. The van der Waals surface area contributed by atoms with E-state index >= 15 is 0 Å². The molecule has 0 spiro atoms. The van der Waals surface area contributed by atoms with Crippen molar-refractivity contribution in [2.75, 3.05) is 5.32 Å². The molecule has 2 atom stereocenters. The summed E-state index contributed by atoms with van der Waals surface area (Å²) in [6.45, 7) is 1.67. The number of carbonyl (C=O) groups excluding carboxylic acids is 3. The third kappa shape index (κ3) is 3.36. The van der Waals surface area contributed by atoms with Gasteiger partial charge in [-0.15, -0.1) is 21.5 Å². The first kappa shape index (κ1) is 21.6. The predicted octanol–water partition coefficient (Wildman–Crippen LogP) is 3.02. The van der Waals surface area contributed by atoms with Crippen LogP contribution in [0.4, 0.5) is 10.1 Å². The molecule has 3 aromatic rings. The van der Waals surface area contributed by atoms with Gasteiger partial charge in [0.25, 0.3) is 17.6 Å². The van der Waals surface area contributed by atoms with E-state index in [1.807, 2.05) is 4.57 Å². The number of anilines is 1. The summed E-state index contributed by atoms with van der Waals surface area (Å²) in [5.74, 6) is -2.19. The van der Waals surface area contributed by atoms with E-state index in [1.54, 1.807) is 18.5 Å². The van der Waals surface area contributed by atoms with E-state index in [4.69, 9.17) is 5.26 Å². The number of hydrogen-bond donors (Lipinski definition) is 2. The van der Waals surface area contributed by atoms with Crippen LogP contribution in [0.25, 0.3) is 0 Å². The Labute approximate surface area is 203 Å². The normalized spacial score (nSPS) is 20.4. The van der Waals surface area contributed by atoms with Gasteiger partial charge in [-0.25, -0.2) is 4.39 Å². The summed E-state index contributed by atoms with van der Waals surface area (Å²) in [7, 11) is 0. The van der Waals surface area contributed by atoms with Crippen molar-refractivity contribution >= 4 is 34.6 Å². The van der Waals surface area contributed by atoms with Crippen LogP contribution >= 0.6 is 11.3 Å². The Morgan fingerprint density at radius 1 is 1.31 bits per heavy atom. The summed E-state index contributed by atoms with van der Waals surface area (Å²) in [6.07, 6.45) is 2.92. The van der Waals surface area contributed by atoms with E-state index in [9.17, 15) is 18.8 Å². The molecule has 9 nitrogen and oxygen atoms in total. The number of nitriles is 1. The fourth-order valence-electron chi connectivity index (χ4n) is 5.10. The molecule has 2 aromatic heterocycles. The lowest BCUT2D eigenvalue weighted by Gasteiger charge is -2.14. The molecule has 0 saturated heterocycles. The van der Waals surface area contributed by atoms with Gasteiger partial charge in [-0.1, -0.05) is 0 Å². The summed E-state index contributed by atoms with van der Waals surface area (Å²) in [6, 6.07) is 5.62. The zero-order chi connectivity index (χ0) is 24.5. The minimum atomic E-state index is -0.723. The van der Waals surface area contributed by atoms with E-state index in [2.05, 4.69) is 20.8 Å². The average Bonchev–Trinajstić information content (AvgIpc) is 3.62. The van der Waals surface area contributed by atoms with Crippen LogP contribution in [-0.2, 0) is 16.8 Å². The number of nitrogens with one attached hydrogen (secondary N) is 2. The molecule has 11 heteroatoms. The van der Waals surface area contributed by atoms with Crippen molar-refractivity contribution in [3.63, 3.8) is 0 Å². The van der Waals surface area contributed by atoms with Gasteiger partial charge >= 0.3 is 0 Å². The van der Waals surface area contributed by atoms with Gasteiger partial charge in [-0.05, 0) is 62.3 Å². The highest BCUT2D eigenvalue weighted by Gasteiger charge is 2.52. The Balaban J connectivity index is 1.31. The van der Waals surface area contributed by atoms with Gasteiger partial charge in [0.05, 0.1) is 16.7 Å². The van der Waals surface area contributed by atoms with Crippen molar-refractivity contribution in [1.29, 1.82) is 5.26 Å². The Morgan fingerprint density at radius 2 is 2.11 bits per heavy atom. The average molecular weight is 491 g/mol. The first-order valence-corrected chi connectivity index (χ1v) is 12.1. The lowest BCUT2D eigenvalue weighted by molar-refractivity contribution is -0.118. The first-order valence-electron chi connectivity index (χ1n) is 11.2.